The molecule has 10 heteroatoms. The number of benzene rings is 3. The average Bonchev–Trinajstić information content (AvgIpc) is 3.22. The molecule has 0 aliphatic heterocycles. The number of hydrogen-bond donors (Lipinski definition) is 3. The Morgan fingerprint density at radius 3 is 2.34 bits per heavy atom. The molecule has 35 heavy (non-hydrogen) atoms. The number of carbonyl (C=O) groups excluding carboxylic acids is 2. The number of thiophene rings is 1. The first kappa shape index (κ1) is 24.5. The number of carbonyl (C=O) groups is 2. The fourth-order valence-electron chi connectivity index (χ4n) is 3.20. The Morgan fingerprint density at radius 2 is 1.63 bits per heavy atom. The van der Waals surface area contributed by atoms with Gasteiger partial charge in [0.25, 0.3) is 11.8 Å². The van der Waals surface area contributed by atoms with Gasteiger partial charge in [-0.1, -0.05) is 54.1 Å². The molecule has 3 aromatic carbocycles. The van der Waals surface area contributed by atoms with E-state index in [9.17, 15) is 9.59 Å². The Balaban J connectivity index is 1.25. The summed E-state index contributed by atoms with van der Waals surface area (Å²) >= 11 is 12.7. The van der Waals surface area contributed by atoms with E-state index in [1.165, 1.54) is 11.3 Å². The molecule has 0 fully saturated rings. The van der Waals surface area contributed by atoms with E-state index in [0.29, 0.717) is 21.4 Å². The van der Waals surface area contributed by atoms with Gasteiger partial charge in [0.15, 0.2) is 11.7 Å². The van der Waals surface area contributed by atoms with Crippen LogP contribution in [0.15, 0.2) is 72.8 Å². The topological polar surface area (TPSA) is 88.7 Å². The first-order valence-electron chi connectivity index (χ1n) is 10.4. The number of ether oxygens (including phenoxy) is 2. The van der Waals surface area contributed by atoms with E-state index >= 15 is 0 Å². The van der Waals surface area contributed by atoms with Crippen molar-refractivity contribution in [2.24, 2.45) is 0 Å². The summed E-state index contributed by atoms with van der Waals surface area (Å²) < 4.78 is 11.5. The first-order valence-corrected chi connectivity index (χ1v) is 12.0. The van der Waals surface area contributed by atoms with E-state index < -0.39 is 11.8 Å². The molecule has 0 spiro atoms. The van der Waals surface area contributed by atoms with Gasteiger partial charge in [0.2, 0.25) is 0 Å². The Hall–Kier alpha value is -3.66. The van der Waals surface area contributed by atoms with Crippen molar-refractivity contribution in [3.8, 4) is 22.6 Å². The lowest BCUT2D eigenvalue weighted by molar-refractivity contribution is -0.123. The van der Waals surface area contributed by atoms with Gasteiger partial charge in [-0.3, -0.25) is 25.8 Å². The molecule has 2 amide bonds. The molecule has 4 aromatic rings. The molecule has 0 aliphatic carbocycles. The van der Waals surface area contributed by atoms with Crippen LogP contribution in [0.5, 0.6) is 11.5 Å². The van der Waals surface area contributed by atoms with Crippen molar-refractivity contribution in [3.05, 3.63) is 82.7 Å². The van der Waals surface area contributed by atoms with Gasteiger partial charge < -0.3 is 9.47 Å². The van der Waals surface area contributed by atoms with Crippen LogP contribution in [0.1, 0.15) is 9.67 Å². The maximum Gasteiger partial charge on any atom is 0.276 e. The highest BCUT2D eigenvalue weighted by Crippen LogP contribution is 2.37. The number of methoxy groups -OCH3 is 1. The second-order valence-electron chi connectivity index (χ2n) is 7.24. The first-order chi connectivity index (χ1) is 16.9. The van der Waals surface area contributed by atoms with Gasteiger partial charge in [0.1, 0.15) is 16.4 Å². The van der Waals surface area contributed by atoms with Crippen molar-refractivity contribution in [1.82, 2.24) is 16.2 Å². The minimum Gasteiger partial charge on any atom is -0.497 e. The average molecular weight is 526 g/mol. The molecule has 0 saturated carbocycles. The fourth-order valence-corrected chi connectivity index (χ4v) is 4.78. The number of nitrogens with one attached hydrogen (secondary N) is 3. The minimum atomic E-state index is -0.489. The predicted octanol–water partition coefficient (Wildman–Crippen LogP) is 4.94. The van der Waals surface area contributed by atoms with E-state index in [-0.39, 0.29) is 11.7 Å². The number of rotatable bonds is 6. The van der Waals surface area contributed by atoms with Crippen LogP contribution < -0.4 is 25.6 Å². The van der Waals surface area contributed by atoms with E-state index in [1.54, 1.807) is 37.4 Å². The number of hydrogen-bond acceptors (Lipinski definition) is 6. The number of hydrazine groups is 1. The van der Waals surface area contributed by atoms with E-state index in [0.717, 1.165) is 21.2 Å². The van der Waals surface area contributed by atoms with Gasteiger partial charge in [-0.05, 0) is 53.7 Å². The van der Waals surface area contributed by atoms with Crippen molar-refractivity contribution >= 4 is 62.2 Å². The molecule has 7 nitrogen and oxygen atoms in total. The summed E-state index contributed by atoms with van der Waals surface area (Å²) in [6.45, 7) is -0.238. The molecule has 0 saturated heterocycles. The summed E-state index contributed by atoms with van der Waals surface area (Å²) in [5, 5.41) is 3.48. The lowest BCUT2D eigenvalue weighted by atomic mass is 10.1. The highest BCUT2D eigenvalue weighted by molar-refractivity contribution is 7.80. The second kappa shape index (κ2) is 11.2. The highest BCUT2D eigenvalue weighted by Gasteiger charge is 2.18. The monoisotopic (exact) mass is 525 g/mol. The molecular weight excluding hydrogens is 506 g/mol. The summed E-state index contributed by atoms with van der Waals surface area (Å²) in [4.78, 5) is 25.0. The largest absolute Gasteiger partial charge is 0.497 e. The fraction of sp³-hybridized carbons (Fsp3) is 0.0800. The zero-order valence-electron chi connectivity index (χ0n) is 18.5. The summed E-state index contributed by atoms with van der Waals surface area (Å²) in [5.74, 6) is 0.251. The number of halogens is 1. The molecule has 1 heterocycles. The molecule has 0 aliphatic rings. The lowest BCUT2D eigenvalue weighted by Crippen LogP contribution is -2.49. The molecule has 3 N–H and O–H groups in total. The summed E-state index contributed by atoms with van der Waals surface area (Å²) in [7, 11) is 1.56. The van der Waals surface area contributed by atoms with Gasteiger partial charge >= 0.3 is 0 Å². The maximum absolute atomic E-state index is 12.6. The molecule has 178 valence electrons. The van der Waals surface area contributed by atoms with Crippen molar-refractivity contribution in [3.63, 3.8) is 0 Å². The Labute approximate surface area is 216 Å². The molecule has 0 radical (unpaired) electrons. The van der Waals surface area contributed by atoms with Crippen molar-refractivity contribution in [2.45, 2.75) is 0 Å². The normalized spacial score (nSPS) is 10.5. The van der Waals surface area contributed by atoms with E-state index in [4.69, 9.17) is 33.3 Å². The van der Waals surface area contributed by atoms with E-state index in [1.807, 2.05) is 42.5 Å². The maximum atomic E-state index is 12.6. The number of amides is 2. The third kappa shape index (κ3) is 6.07. The Bertz CT molecular complexity index is 1380. The smallest absolute Gasteiger partial charge is 0.276 e. The quantitative estimate of drug-likeness (QED) is 0.244. The van der Waals surface area contributed by atoms with Crippen LogP contribution in [-0.4, -0.2) is 30.6 Å². The SMILES string of the molecule is COc1ccc2c(Cl)c(C(=O)NC(=S)NNC(=O)COc3ccc(-c4ccccc4)cc3)sc2c1. The van der Waals surface area contributed by atoms with Gasteiger partial charge in [0.05, 0.1) is 12.1 Å². The van der Waals surface area contributed by atoms with Gasteiger partial charge in [-0.15, -0.1) is 11.3 Å². The van der Waals surface area contributed by atoms with Crippen molar-refractivity contribution in [2.75, 3.05) is 13.7 Å². The summed E-state index contributed by atoms with van der Waals surface area (Å²) in [5.41, 5.74) is 7.01. The minimum absolute atomic E-state index is 0.0818. The van der Waals surface area contributed by atoms with Crippen LogP contribution in [0.25, 0.3) is 21.2 Å². The van der Waals surface area contributed by atoms with Crippen LogP contribution in [0.4, 0.5) is 0 Å². The van der Waals surface area contributed by atoms with Gasteiger partial charge in [-0.25, -0.2) is 0 Å². The second-order valence-corrected chi connectivity index (χ2v) is 9.08. The molecule has 1 aromatic heterocycles. The van der Waals surface area contributed by atoms with E-state index in [2.05, 4.69) is 16.2 Å². The zero-order chi connectivity index (χ0) is 24.8. The zero-order valence-corrected chi connectivity index (χ0v) is 20.9. The number of fused-ring (bicyclic) bond motifs is 1. The molecule has 0 atom stereocenters. The van der Waals surface area contributed by atoms with Crippen molar-refractivity contribution in [1.29, 1.82) is 0 Å². The lowest BCUT2D eigenvalue weighted by Gasteiger charge is -2.11. The Kier molecular flexibility index (Phi) is 7.81. The van der Waals surface area contributed by atoms with Gasteiger partial charge in [-0.2, -0.15) is 0 Å². The third-order valence-corrected chi connectivity index (χ3v) is 6.78. The summed E-state index contributed by atoms with van der Waals surface area (Å²) in [6, 6.07) is 22.7. The highest BCUT2D eigenvalue weighted by atomic mass is 35.5. The molecule has 0 unspecified atom stereocenters. The van der Waals surface area contributed by atoms with Crippen molar-refractivity contribution < 1.29 is 19.1 Å². The summed E-state index contributed by atoms with van der Waals surface area (Å²) in [6.07, 6.45) is 0. The molecule has 0 bridgehead atoms. The number of thiocarbonyl (C=S) groups is 1. The predicted molar refractivity (Wildman–Crippen MR) is 142 cm³/mol. The van der Waals surface area contributed by atoms with Crippen LogP contribution in [-0.2, 0) is 4.79 Å². The molecular formula is C25H20ClN3O4S2. The van der Waals surface area contributed by atoms with Crippen LogP contribution in [0.2, 0.25) is 5.02 Å². The molecule has 4 rings (SSSR count). The Morgan fingerprint density at radius 1 is 0.943 bits per heavy atom. The van der Waals surface area contributed by atoms with Crippen LogP contribution >= 0.6 is 35.2 Å². The third-order valence-electron chi connectivity index (χ3n) is 4.92. The van der Waals surface area contributed by atoms with Gasteiger partial charge in [0, 0.05) is 10.1 Å². The van der Waals surface area contributed by atoms with Crippen LogP contribution in [0.3, 0.4) is 0 Å². The standard InChI is InChI=1S/C25H20ClN3O4S2/c1-32-18-11-12-19-20(13-18)35-23(22(19)26)24(31)27-25(34)29-28-21(30)14-33-17-9-7-16(8-10-17)15-5-3-2-4-6-15/h2-13H,14H2,1H3,(H,28,30)(H2,27,29,31,34). The van der Waals surface area contributed by atoms with Crippen LogP contribution in [0, 0.1) is 0 Å².